The van der Waals surface area contributed by atoms with E-state index in [-0.39, 0.29) is 11.6 Å². The van der Waals surface area contributed by atoms with Gasteiger partial charge in [0, 0.05) is 23.3 Å². The van der Waals surface area contributed by atoms with Gasteiger partial charge in [-0.15, -0.1) is 0 Å². The van der Waals surface area contributed by atoms with Crippen LogP contribution in [0.5, 0.6) is 0 Å². The Morgan fingerprint density at radius 1 is 1.15 bits per heavy atom. The fourth-order valence-electron chi connectivity index (χ4n) is 3.58. The lowest BCUT2D eigenvalue weighted by atomic mass is 10.1. The molecule has 0 atom stereocenters. The molecule has 2 N–H and O–H groups in total. The lowest BCUT2D eigenvalue weighted by Gasteiger charge is -2.38. The normalized spacial score (nSPS) is 12.2. The molecule has 1 aromatic carbocycles. The van der Waals surface area contributed by atoms with Crippen LogP contribution in [-0.4, -0.2) is 33.7 Å². The Hall–Kier alpha value is -3.39. The number of benzene rings is 1. The van der Waals surface area contributed by atoms with Gasteiger partial charge in [0.2, 0.25) is 0 Å². The summed E-state index contributed by atoms with van der Waals surface area (Å²) in [4.78, 5) is 16.8. The molecule has 0 spiro atoms. The molecule has 0 fully saturated rings. The van der Waals surface area contributed by atoms with Crippen LogP contribution in [0.15, 0.2) is 60.9 Å². The van der Waals surface area contributed by atoms with Crippen molar-refractivity contribution < 1.29 is 9.53 Å². The number of alkyl carbamates (subject to hydrolysis) is 1. The van der Waals surface area contributed by atoms with Gasteiger partial charge in [-0.05, 0) is 28.8 Å². The summed E-state index contributed by atoms with van der Waals surface area (Å²) in [6, 6.07) is 15.6. The van der Waals surface area contributed by atoms with E-state index in [0.717, 1.165) is 33.5 Å². The summed E-state index contributed by atoms with van der Waals surface area (Å²) in [5, 5.41) is 11.6. The smallest absolute Gasteiger partial charge is 0.407 e. The predicted molar refractivity (Wildman–Crippen MR) is 133 cm³/mol. The molecule has 0 aliphatic heterocycles. The number of carbonyl (C=O) groups is 1. The lowest BCUT2D eigenvalue weighted by Crippen LogP contribution is -2.45. The molecule has 7 nitrogen and oxygen atoms in total. The molecule has 33 heavy (non-hydrogen) atoms. The van der Waals surface area contributed by atoms with E-state index in [2.05, 4.69) is 65.9 Å². The molecule has 0 radical (unpaired) electrons. The molecular formula is C25H31N5O2Si. The standard InChI is InChI=1S/C25H31N5O2Si/c1-25(2,3)33(4,5)30-16-21(20-12-9-13-26-23(20)30)22-14-19(28-29-22)15-27-24(31)32-17-18-10-7-6-8-11-18/h6-14,16H,15,17H2,1-5H3,(H,27,31)(H,28,29). The Kier molecular flexibility index (Phi) is 6.12. The van der Waals surface area contributed by atoms with Crippen LogP contribution in [0.1, 0.15) is 32.0 Å². The maximum Gasteiger partial charge on any atom is 0.407 e. The third-order valence-corrected chi connectivity index (χ3v) is 11.8. The van der Waals surface area contributed by atoms with Crippen molar-refractivity contribution in [2.75, 3.05) is 0 Å². The van der Waals surface area contributed by atoms with Crippen LogP contribution in [0, 0.1) is 0 Å². The molecule has 0 aliphatic carbocycles. The van der Waals surface area contributed by atoms with Gasteiger partial charge in [0.1, 0.15) is 12.3 Å². The summed E-state index contributed by atoms with van der Waals surface area (Å²) in [7, 11) is -1.88. The van der Waals surface area contributed by atoms with Gasteiger partial charge in [0.25, 0.3) is 0 Å². The Balaban J connectivity index is 1.50. The molecule has 3 heterocycles. The van der Waals surface area contributed by atoms with Crippen molar-refractivity contribution in [3.63, 3.8) is 0 Å². The molecule has 0 unspecified atom stereocenters. The Labute approximate surface area is 195 Å². The summed E-state index contributed by atoms with van der Waals surface area (Å²) in [5.41, 5.74) is 4.62. The van der Waals surface area contributed by atoms with E-state index >= 15 is 0 Å². The molecule has 0 saturated carbocycles. The summed E-state index contributed by atoms with van der Waals surface area (Å²) in [6.45, 7) is 12.2. The highest BCUT2D eigenvalue weighted by Gasteiger charge is 2.39. The van der Waals surface area contributed by atoms with Crippen molar-refractivity contribution in [3.05, 3.63) is 72.2 Å². The first kappa shape index (κ1) is 22.8. The highest BCUT2D eigenvalue weighted by Crippen LogP contribution is 2.40. The minimum Gasteiger partial charge on any atom is -0.445 e. The van der Waals surface area contributed by atoms with Gasteiger partial charge < -0.3 is 14.3 Å². The van der Waals surface area contributed by atoms with Gasteiger partial charge in [-0.1, -0.05) is 64.2 Å². The predicted octanol–water partition coefficient (Wildman–Crippen LogP) is 5.71. The summed E-state index contributed by atoms with van der Waals surface area (Å²) in [5.74, 6) is 0. The molecule has 4 aromatic rings. The van der Waals surface area contributed by atoms with Gasteiger partial charge >= 0.3 is 6.09 Å². The number of nitrogens with one attached hydrogen (secondary N) is 2. The van der Waals surface area contributed by atoms with Gasteiger partial charge in [-0.3, -0.25) is 5.10 Å². The first-order chi connectivity index (χ1) is 15.7. The number of ether oxygens (including phenoxy) is 1. The number of aromatic amines is 1. The first-order valence-electron chi connectivity index (χ1n) is 11.1. The van der Waals surface area contributed by atoms with Crippen LogP contribution in [0.3, 0.4) is 0 Å². The zero-order chi connectivity index (χ0) is 23.6. The number of nitrogens with zero attached hydrogens (tertiary/aromatic N) is 3. The lowest BCUT2D eigenvalue weighted by molar-refractivity contribution is 0.139. The third kappa shape index (κ3) is 4.71. The molecule has 172 valence electrons. The van der Waals surface area contributed by atoms with Crippen molar-refractivity contribution in [3.8, 4) is 11.3 Å². The second kappa shape index (κ2) is 8.86. The summed E-state index contributed by atoms with van der Waals surface area (Å²) < 4.78 is 7.66. The van der Waals surface area contributed by atoms with Crippen LogP contribution in [0.25, 0.3) is 22.3 Å². The maximum atomic E-state index is 12.1. The maximum absolute atomic E-state index is 12.1. The van der Waals surface area contributed by atoms with Crippen LogP contribution in [-0.2, 0) is 17.9 Å². The van der Waals surface area contributed by atoms with Crippen molar-refractivity contribution >= 4 is 25.4 Å². The number of amides is 1. The molecule has 0 saturated heterocycles. The minimum absolute atomic E-state index is 0.161. The summed E-state index contributed by atoms with van der Waals surface area (Å²) >= 11 is 0. The van der Waals surface area contributed by atoms with E-state index in [4.69, 9.17) is 9.72 Å². The molecule has 3 aromatic heterocycles. The fourth-order valence-corrected chi connectivity index (χ4v) is 5.46. The Morgan fingerprint density at radius 3 is 2.64 bits per heavy atom. The fraction of sp³-hybridized carbons (Fsp3) is 0.320. The second-order valence-electron chi connectivity index (χ2n) is 9.79. The van der Waals surface area contributed by atoms with E-state index < -0.39 is 14.3 Å². The number of carbonyl (C=O) groups excluding carboxylic acids is 1. The number of fused-ring (bicyclic) bond motifs is 1. The zero-order valence-electron chi connectivity index (χ0n) is 19.8. The average molecular weight is 462 g/mol. The Morgan fingerprint density at radius 2 is 1.91 bits per heavy atom. The molecule has 0 bridgehead atoms. The van der Waals surface area contributed by atoms with Crippen LogP contribution < -0.4 is 5.32 Å². The monoisotopic (exact) mass is 461 g/mol. The number of aromatic nitrogens is 4. The highest BCUT2D eigenvalue weighted by atomic mass is 28.3. The second-order valence-corrected chi connectivity index (χ2v) is 14.9. The average Bonchev–Trinajstić information content (AvgIpc) is 3.41. The van der Waals surface area contributed by atoms with Crippen LogP contribution >= 0.6 is 0 Å². The quantitative estimate of drug-likeness (QED) is 0.360. The van der Waals surface area contributed by atoms with E-state index in [1.54, 1.807) is 0 Å². The molecule has 8 heteroatoms. The number of H-pyrrole nitrogens is 1. The molecule has 0 aliphatic rings. The van der Waals surface area contributed by atoms with Gasteiger partial charge in [0.15, 0.2) is 8.24 Å². The number of hydrogen-bond donors (Lipinski definition) is 2. The molecule has 4 rings (SSSR count). The number of pyridine rings is 1. The minimum atomic E-state index is -1.88. The summed E-state index contributed by atoms with van der Waals surface area (Å²) in [6.07, 6.45) is 3.57. The van der Waals surface area contributed by atoms with E-state index in [1.165, 1.54) is 0 Å². The third-order valence-electron chi connectivity index (χ3n) is 6.54. The van der Waals surface area contributed by atoms with E-state index in [0.29, 0.717) is 6.54 Å². The highest BCUT2D eigenvalue weighted by molar-refractivity contribution is 6.79. The Bertz CT molecular complexity index is 1250. The van der Waals surface area contributed by atoms with Crippen molar-refractivity contribution in [2.24, 2.45) is 0 Å². The van der Waals surface area contributed by atoms with Crippen molar-refractivity contribution in [1.82, 2.24) is 24.7 Å². The van der Waals surface area contributed by atoms with E-state index in [9.17, 15) is 4.79 Å². The topological polar surface area (TPSA) is 84.8 Å². The largest absolute Gasteiger partial charge is 0.445 e. The number of rotatable bonds is 6. The first-order valence-corrected chi connectivity index (χ1v) is 14.1. The SMILES string of the molecule is CC(C)(C)[Si](C)(C)n1cc(-c2cc(CNC(=O)OCc3ccccc3)[nH]n2)c2cccnc21. The van der Waals surface area contributed by atoms with Gasteiger partial charge in [-0.2, -0.15) is 5.10 Å². The van der Waals surface area contributed by atoms with Crippen molar-refractivity contribution in [2.45, 2.75) is 52.1 Å². The van der Waals surface area contributed by atoms with Crippen LogP contribution in [0.2, 0.25) is 18.1 Å². The van der Waals surface area contributed by atoms with Gasteiger partial charge in [-0.25, -0.2) is 9.78 Å². The number of hydrogen-bond acceptors (Lipinski definition) is 4. The molecule has 1 amide bonds. The van der Waals surface area contributed by atoms with E-state index in [1.807, 2.05) is 48.7 Å². The van der Waals surface area contributed by atoms with Gasteiger partial charge in [0.05, 0.1) is 17.9 Å². The molecular weight excluding hydrogens is 430 g/mol. The zero-order valence-corrected chi connectivity index (χ0v) is 20.8. The van der Waals surface area contributed by atoms with Crippen LogP contribution in [0.4, 0.5) is 4.79 Å². The van der Waals surface area contributed by atoms with Crippen molar-refractivity contribution in [1.29, 1.82) is 0 Å².